The average Bonchev–Trinajstić information content (AvgIpc) is 3.22. The van der Waals surface area contributed by atoms with E-state index in [0.717, 1.165) is 27.8 Å². The zero-order valence-electron chi connectivity index (χ0n) is 13.2. The van der Waals surface area contributed by atoms with Gasteiger partial charge in [-0.1, -0.05) is 40.8 Å². The molecule has 1 fully saturated rings. The van der Waals surface area contributed by atoms with Gasteiger partial charge >= 0.3 is 6.03 Å². The maximum absolute atomic E-state index is 11.9. The van der Waals surface area contributed by atoms with Gasteiger partial charge in [-0.3, -0.25) is 5.32 Å². The second-order valence-electron chi connectivity index (χ2n) is 5.13. The van der Waals surface area contributed by atoms with E-state index in [1.54, 1.807) is 11.8 Å². The number of amides is 2. The number of carbonyl (C=O) groups is 1. The molecule has 2 amide bonds. The summed E-state index contributed by atoms with van der Waals surface area (Å²) in [5.74, 6) is 0.828. The van der Waals surface area contributed by atoms with Gasteiger partial charge in [0, 0.05) is 17.9 Å². The third kappa shape index (κ3) is 5.17. The molecule has 2 aromatic rings. The number of carbonyl (C=O) groups excluding carboxylic acids is 1. The van der Waals surface area contributed by atoms with Crippen molar-refractivity contribution in [2.24, 2.45) is 0 Å². The highest BCUT2D eigenvalue weighted by atomic mass is 32.2. The molecular formula is C15H18N4O3S2. The largest absolute Gasteiger partial charge is 0.350 e. The number of ether oxygens (including phenoxy) is 2. The van der Waals surface area contributed by atoms with Gasteiger partial charge in [0.05, 0.1) is 13.2 Å². The topological polar surface area (TPSA) is 85.4 Å². The molecular weight excluding hydrogens is 348 g/mol. The predicted molar refractivity (Wildman–Crippen MR) is 94.8 cm³/mol. The van der Waals surface area contributed by atoms with Crippen molar-refractivity contribution in [2.75, 3.05) is 29.6 Å². The maximum Gasteiger partial charge on any atom is 0.325 e. The fourth-order valence-electron chi connectivity index (χ4n) is 2.03. The van der Waals surface area contributed by atoms with E-state index in [2.05, 4.69) is 20.8 Å². The van der Waals surface area contributed by atoms with Crippen molar-refractivity contribution in [3.05, 3.63) is 29.8 Å². The van der Waals surface area contributed by atoms with E-state index in [0.29, 0.717) is 18.3 Å². The number of urea groups is 1. The monoisotopic (exact) mass is 366 g/mol. The summed E-state index contributed by atoms with van der Waals surface area (Å²) in [7, 11) is 0. The maximum atomic E-state index is 11.9. The van der Waals surface area contributed by atoms with Crippen molar-refractivity contribution in [3.63, 3.8) is 0 Å². The van der Waals surface area contributed by atoms with Crippen LogP contribution in [0.15, 0.2) is 28.6 Å². The van der Waals surface area contributed by atoms with Crippen LogP contribution in [-0.4, -0.2) is 41.5 Å². The summed E-state index contributed by atoms with van der Waals surface area (Å²) in [6.45, 7) is 3.33. The van der Waals surface area contributed by atoms with Gasteiger partial charge in [-0.25, -0.2) is 4.79 Å². The summed E-state index contributed by atoms with van der Waals surface area (Å²) in [5.41, 5.74) is 1.87. The molecule has 0 spiro atoms. The van der Waals surface area contributed by atoms with Crippen LogP contribution in [0.4, 0.5) is 15.6 Å². The highest BCUT2D eigenvalue weighted by Crippen LogP contribution is 2.27. The number of hydrogen-bond donors (Lipinski definition) is 2. The molecule has 128 valence electrons. The Kier molecular flexibility index (Phi) is 6.02. The van der Waals surface area contributed by atoms with Crippen molar-refractivity contribution in [3.8, 4) is 0 Å². The van der Waals surface area contributed by atoms with Crippen molar-refractivity contribution in [2.45, 2.75) is 24.0 Å². The molecule has 1 aliphatic rings. The smallest absolute Gasteiger partial charge is 0.325 e. The van der Waals surface area contributed by atoms with Crippen LogP contribution >= 0.6 is 23.1 Å². The lowest BCUT2D eigenvalue weighted by Crippen LogP contribution is -2.19. The molecule has 24 heavy (non-hydrogen) atoms. The number of nitrogens with one attached hydrogen (secondary N) is 2. The second kappa shape index (κ2) is 8.43. The SMILES string of the molecule is Cc1ccc(NC(=O)Nc2nnc(SCCC3OCCO3)s2)cc1. The molecule has 0 atom stereocenters. The first-order valence-electron chi connectivity index (χ1n) is 7.53. The Morgan fingerprint density at radius 2 is 2.00 bits per heavy atom. The number of anilines is 2. The Balaban J connectivity index is 1.42. The number of benzene rings is 1. The van der Waals surface area contributed by atoms with Crippen molar-refractivity contribution in [1.29, 1.82) is 0 Å². The molecule has 2 heterocycles. The Morgan fingerprint density at radius 3 is 2.75 bits per heavy atom. The lowest BCUT2D eigenvalue weighted by molar-refractivity contribution is -0.0421. The van der Waals surface area contributed by atoms with Crippen molar-refractivity contribution < 1.29 is 14.3 Å². The van der Waals surface area contributed by atoms with Gasteiger partial charge < -0.3 is 14.8 Å². The molecule has 2 N–H and O–H groups in total. The molecule has 0 bridgehead atoms. The normalized spacial score (nSPS) is 14.7. The van der Waals surface area contributed by atoms with Gasteiger partial charge in [-0.15, -0.1) is 10.2 Å². The van der Waals surface area contributed by atoms with Crippen LogP contribution in [0.5, 0.6) is 0 Å². The standard InChI is InChI=1S/C15H18N4O3S2/c1-10-2-4-11(5-3-10)16-13(20)17-14-18-19-15(24-14)23-9-6-12-21-7-8-22-12/h2-5,12H,6-9H2,1H3,(H2,16,17,18,20). The molecule has 1 saturated heterocycles. The third-order valence-electron chi connectivity index (χ3n) is 3.21. The number of aromatic nitrogens is 2. The van der Waals surface area contributed by atoms with E-state index in [1.165, 1.54) is 11.3 Å². The minimum Gasteiger partial charge on any atom is -0.350 e. The first kappa shape index (κ1) is 17.2. The molecule has 0 saturated carbocycles. The Bertz CT molecular complexity index is 672. The molecule has 0 aliphatic carbocycles. The summed E-state index contributed by atoms with van der Waals surface area (Å²) in [4.78, 5) is 11.9. The Morgan fingerprint density at radius 1 is 1.25 bits per heavy atom. The van der Waals surface area contributed by atoms with Crippen LogP contribution in [0.1, 0.15) is 12.0 Å². The zero-order valence-corrected chi connectivity index (χ0v) is 14.8. The van der Waals surface area contributed by atoms with E-state index in [9.17, 15) is 4.79 Å². The summed E-state index contributed by atoms with van der Waals surface area (Å²) >= 11 is 2.92. The summed E-state index contributed by atoms with van der Waals surface area (Å²) in [6.07, 6.45) is 0.698. The zero-order chi connectivity index (χ0) is 16.8. The van der Waals surface area contributed by atoms with E-state index >= 15 is 0 Å². The fraction of sp³-hybridized carbons (Fsp3) is 0.400. The first-order chi connectivity index (χ1) is 11.7. The molecule has 7 nitrogen and oxygen atoms in total. The molecule has 1 aromatic heterocycles. The van der Waals surface area contributed by atoms with Crippen LogP contribution < -0.4 is 10.6 Å². The Labute approximate surface area is 148 Å². The average molecular weight is 366 g/mol. The summed E-state index contributed by atoms with van der Waals surface area (Å²) in [6, 6.07) is 7.24. The van der Waals surface area contributed by atoms with E-state index in [4.69, 9.17) is 9.47 Å². The van der Waals surface area contributed by atoms with Crippen LogP contribution in [-0.2, 0) is 9.47 Å². The lowest BCUT2D eigenvalue weighted by Gasteiger charge is -2.06. The van der Waals surface area contributed by atoms with Crippen molar-refractivity contribution >= 4 is 39.9 Å². The van der Waals surface area contributed by atoms with Crippen LogP contribution in [0.3, 0.4) is 0 Å². The molecule has 1 aromatic carbocycles. The van der Waals surface area contributed by atoms with Crippen LogP contribution in [0.2, 0.25) is 0 Å². The predicted octanol–water partition coefficient (Wildman–Crippen LogP) is 3.35. The van der Waals surface area contributed by atoms with Gasteiger partial charge in [-0.2, -0.15) is 0 Å². The third-order valence-corrected chi connectivity index (χ3v) is 5.21. The number of hydrogen-bond acceptors (Lipinski definition) is 7. The molecule has 9 heteroatoms. The number of rotatable bonds is 6. The number of aryl methyl sites for hydroxylation is 1. The Hall–Kier alpha value is -1.68. The summed E-state index contributed by atoms with van der Waals surface area (Å²) in [5, 5.41) is 13.9. The van der Waals surface area contributed by atoms with Crippen molar-refractivity contribution in [1.82, 2.24) is 10.2 Å². The van der Waals surface area contributed by atoms with Gasteiger partial charge in [0.25, 0.3) is 0 Å². The highest BCUT2D eigenvalue weighted by Gasteiger charge is 2.16. The van der Waals surface area contributed by atoms with Gasteiger partial charge in [0.1, 0.15) is 0 Å². The first-order valence-corrected chi connectivity index (χ1v) is 9.33. The van der Waals surface area contributed by atoms with Crippen LogP contribution in [0.25, 0.3) is 0 Å². The molecule has 3 rings (SSSR count). The van der Waals surface area contributed by atoms with Crippen LogP contribution in [0, 0.1) is 6.92 Å². The minimum atomic E-state index is -0.334. The quantitative estimate of drug-likeness (QED) is 0.602. The second-order valence-corrected chi connectivity index (χ2v) is 7.45. The van der Waals surface area contributed by atoms with Gasteiger partial charge in [-0.05, 0) is 19.1 Å². The molecule has 0 radical (unpaired) electrons. The fourth-order valence-corrected chi connectivity index (χ4v) is 3.81. The van der Waals surface area contributed by atoms with Gasteiger partial charge in [0.2, 0.25) is 5.13 Å². The molecule has 0 unspecified atom stereocenters. The van der Waals surface area contributed by atoms with E-state index in [1.807, 2.05) is 31.2 Å². The lowest BCUT2D eigenvalue weighted by atomic mass is 10.2. The minimum absolute atomic E-state index is 0.108. The highest BCUT2D eigenvalue weighted by molar-refractivity contribution is 8.01. The van der Waals surface area contributed by atoms with Gasteiger partial charge in [0.15, 0.2) is 10.6 Å². The number of thioether (sulfide) groups is 1. The van der Waals surface area contributed by atoms with E-state index in [-0.39, 0.29) is 12.3 Å². The summed E-state index contributed by atoms with van der Waals surface area (Å²) < 4.78 is 11.6. The molecule has 1 aliphatic heterocycles. The number of nitrogens with zero attached hydrogens (tertiary/aromatic N) is 2. The van der Waals surface area contributed by atoms with E-state index < -0.39 is 0 Å².